The van der Waals surface area contributed by atoms with Crippen molar-refractivity contribution >= 4 is 38.0 Å². The lowest BCUT2D eigenvalue weighted by atomic mass is 10.3. The van der Waals surface area contributed by atoms with Gasteiger partial charge < -0.3 is 4.23 Å². The standard InChI is InChI=1S/C24H26N4Si2/c1-29(2,3)28(24-26-19-25-20-27-24)30(21-13-7-4-8-14-21,22-15-9-5-10-16-22)23-17-11-6-12-18-23/h4-20H,1-3H3. The maximum atomic E-state index is 4.66. The third-order valence-corrected chi connectivity index (χ3v) is 14.2. The first-order valence-corrected chi connectivity index (χ1v) is 15.5. The van der Waals surface area contributed by atoms with Gasteiger partial charge in [0, 0.05) is 0 Å². The Kier molecular flexibility index (Phi) is 5.61. The smallest absolute Gasteiger partial charge is 0.247 e. The van der Waals surface area contributed by atoms with Crippen molar-refractivity contribution in [3.63, 3.8) is 0 Å². The first-order chi connectivity index (χ1) is 14.5. The van der Waals surface area contributed by atoms with Gasteiger partial charge in [-0.15, -0.1) is 0 Å². The van der Waals surface area contributed by atoms with Crippen LogP contribution in [-0.2, 0) is 0 Å². The lowest BCUT2D eigenvalue weighted by Crippen LogP contribution is -2.82. The van der Waals surface area contributed by atoms with Gasteiger partial charge in [-0.1, -0.05) is 111 Å². The molecule has 1 heterocycles. The molecule has 4 aromatic rings. The summed E-state index contributed by atoms with van der Waals surface area (Å²) < 4.78 is 2.58. The van der Waals surface area contributed by atoms with Crippen LogP contribution in [-0.4, -0.2) is 31.4 Å². The molecule has 0 atom stereocenters. The van der Waals surface area contributed by atoms with Crippen LogP contribution in [0.5, 0.6) is 0 Å². The molecule has 4 nitrogen and oxygen atoms in total. The summed E-state index contributed by atoms with van der Waals surface area (Å²) in [6, 6.07) is 32.7. The average Bonchev–Trinajstić information content (AvgIpc) is 2.79. The molecular weight excluding hydrogens is 400 g/mol. The number of rotatable bonds is 6. The van der Waals surface area contributed by atoms with Crippen LogP contribution in [0.3, 0.4) is 0 Å². The van der Waals surface area contributed by atoms with Crippen molar-refractivity contribution in [2.45, 2.75) is 19.6 Å². The molecule has 30 heavy (non-hydrogen) atoms. The van der Waals surface area contributed by atoms with Crippen molar-refractivity contribution in [3.05, 3.63) is 104 Å². The molecule has 0 saturated carbocycles. The average molecular weight is 427 g/mol. The molecule has 0 spiro atoms. The number of nitrogens with zero attached hydrogens (tertiary/aromatic N) is 4. The summed E-state index contributed by atoms with van der Waals surface area (Å²) in [4.78, 5) is 13.4. The molecule has 4 rings (SSSR count). The Morgan fingerprint density at radius 1 is 0.567 bits per heavy atom. The minimum atomic E-state index is -2.69. The molecule has 0 amide bonds. The maximum absolute atomic E-state index is 4.66. The first kappa shape index (κ1) is 20.2. The van der Waals surface area contributed by atoms with Crippen molar-refractivity contribution in [1.29, 1.82) is 0 Å². The van der Waals surface area contributed by atoms with Gasteiger partial charge in [-0.3, -0.25) is 0 Å². The maximum Gasteiger partial charge on any atom is 0.247 e. The molecule has 3 aromatic carbocycles. The highest BCUT2D eigenvalue weighted by Gasteiger charge is 2.51. The van der Waals surface area contributed by atoms with Gasteiger partial charge in [0.15, 0.2) is 0 Å². The number of anilines is 1. The lowest BCUT2D eigenvalue weighted by molar-refractivity contribution is 1.03. The van der Waals surface area contributed by atoms with E-state index in [9.17, 15) is 0 Å². The van der Waals surface area contributed by atoms with Gasteiger partial charge in [0.1, 0.15) is 20.9 Å². The third-order valence-electron chi connectivity index (χ3n) is 5.26. The molecule has 0 bridgehead atoms. The molecule has 0 unspecified atom stereocenters. The Morgan fingerprint density at radius 3 is 1.27 bits per heavy atom. The van der Waals surface area contributed by atoms with Crippen LogP contribution in [0.15, 0.2) is 104 Å². The van der Waals surface area contributed by atoms with Crippen LogP contribution in [0.2, 0.25) is 19.6 Å². The highest BCUT2D eigenvalue weighted by atomic mass is 28.4. The predicted octanol–water partition coefficient (Wildman–Crippen LogP) is 3.18. The Morgan fingerprint density at radius 2 is 0.933 bits per heavy atom. The fourth-order valence-electron chi connectivity index (χ4n) is 4.23. The van der Waals surface area contributed by atoms with E-state index in [1.165, 1.54) is 15.6 Å². The number of benzene rings is 3. The Hall–Kier alpha value is -3.10. The van der Waals surface area contributed by atoms with Gasteiger partial charge in [0.2, 0.25) is 14.2 Å². The van der Waals surface area contributed by atoms with Crippen molar-refractivity contribution in [2.75, 3.05) is 4.23 Å². The zero-order valence-electron chi connectivity index (χ0n) is 17.6. The molecule has 150 valence electrons. The van der Waals surface area contributed by atoms with E-state index < -0.39 is 16.5 Å². The lowest BCUT2D eigenvalue weighted by Gasteiger charge is -2.49. The van der Waals surface area contributed by atoms with Crippen LogP contribution in [0.1, 0.15) is 0 Å². The summed E-state index contributed by atoms with van der Waals surface area (Å²) in [5, 5.41) is 3.97. The zero-order valence-corrected chi connectivity index (χ0v) is 19.6. The van der Waals surface area contributed by atoms with Gasteiger partial charge >= 0.3 is 0 Å². The molecule has 0 N–H and O–H groups in total. The molecule has 6 heteroatoms. The van der Waals surface area contributed by atoms with Gasteiger partial charge in [-0.25, -0.2) is 15.0 Å². The van der Waals surface area contributed by atoms with E-state index in [1.807, 2.05) is 0 Å². The number of hydrogen-bond donors (Lipinski definition) is 0. The van der Waals surface area contributed by atoms with Crippen molar-refractivity contribution in [2.24, 2.45) is 0 Å². The zero-order chi connectivity index (χ0) is 21.0. The van der Waals surface area contributed by atoms with Crippen molar-refractivity contribution in [3.8, 4) is 0 Å². The van der Waals surface area contributed by atoms with E-state index in [2.05, 4.69) is 130 Å². The van der Waals surface area contributed by atoms with Gasteiger partial charge in [0.05, 0.1) is 0 Å². The monoisotopic (exact) mass is 426 g/mol. The SMILES string of the molecule is C[Si](C)(C)N(c1ncncn1)[Si](c1ccccc1)(c1ccccc1)c1ccccc1. The van der Waals surface area contributed by atoms with E-state index in [-0.39, 0.29) is 0 Å². The molecule has 0 saturated heterocycles. The summed E-state index contributed by atoms with van der Waals surface area (Å²) in [6.45, 7) is 7.11. The van der Waals surface area contributed by atoms with Crippen molar-refractivity contribution < 1.29 is 0 Å². The molecule has 0 aliphatic rings. The van der Waals surface area contributed by atoms with Crippen LogP contribution in [0, 0.1) is 0 Å². The largest absolute Gasteiger partial charge is 0.383 e. The minimum Gasteiger partial charge on any atom is -0.383 e. The topological polar surface area (TPSA) is 41.9 Å². The Balaban J connectivity index is 2.17. The van der Waals surface area contributed by atoms with Gasteiger partial charge in [0.25, 0.3) is 0 Å². The molecule has 1 aromatic heterocycles. The molecule has 0 radical (unpaired) electrons. The van der Waals surface area contributed by atoms with Crippen LogP contribution >= 0.6 is 0 Å². The fourth-order valence-corrected chi connectivity index (χ4v) is 14.3. The fraction of sp³-hybridized carbons (Fsp3) is 0.125. The number of hydrogen-bond acceptors (Lipinski definition) is 4. The molecule has 0 aliphatic heterocycles. The summed E-state index contributed by atoms with van der Waals surface area (Å²) >= 11 is 0. The highest BCUT2D eigenvalue weighted by Crippen LogP contribution is 2.25. The normalized spacial score (nSPS) is 11.8. The molecular formula is C24H26N4Si2. The third kappa shape index (κ3) is 3.60. The van der Waals surface area contributed by atoms with E-state index in [0.717, 1.165) is 5.95 Å². The van der Waals surface area contributed by atoms with Gasteiger partial charge in [-0.05, 0) is 15.6 Å². The van der Waals surface area contributed by atoms with Gasteiger partial charge in [-0.2, -0.15) is 0 Å². The second kappa shape index (κ2) is 8.33. The highest BCUT2D eigenvalue weighted by molar-refractivity contribution is 7.20. The van der Waals surface area contributed by atoms with Crippen LogP contribution in [0.25, 0.3) is 0 Å². The summed E-state index contributed by atoms with van der Waals surface area (Å²) in [5.41, 5.74) is 0. The van der Waals surface area contributed by atoms with E-state index in [0.29, 0.717) is 0 Å². The van der Waals surface area contributed by atoms with E-state index in [4.69, 9.17) is 0 Å². The quantitative estimate of drug-likeness (QED) is 0.351. The van der Waals surface area contributed by atoms with Crippen LogP contribution in [0.4, 0.5) is 5.95 Å². The summed E-state index contributed by atoms with van der Waals surface area (Å²) in [6.07, 6.45) is 3.21. The summed E-state index contributed by atoms with van der Waals surface area (Å²) in [7, 11) is -4.66. The van der Waals surface area contributed by atoms with Crippen LogP contribution < -0.4 is 19.8 Å². The molecule has 0 fully saturated rings. The summed E-state index contributed by atoms with van der Waals surface area (Å²) in [5.74, 6) is 0.757. The predicted molar refractivity (Wildman–Crippen MR) is 130 cm³/mol. The second-order valence-corrected chi connectivity index (χ2v) is 17.1. The van der Waals surface area contributed by atoms with Crippen molar-refractivity contribution in [1.82, 2.24) is 15.0 Å². The molecule has 0 aliphatic carbocycles. The van der Waals surface area contributed by atoms with E-state index in [1.54, 1.807) is 12.7 Å². The Bertz CT molecular complexity index is 973. The first-order valence-electron chi connectivity index (χ1n) is 10.1. The van der Waals surface area contributed by atoms with E-state index >= 15 is 0 Å². The minimum absolute atomic E-state index is 0.757. The number of aromatic nitrogens is 3. The Labute approximate surface area is 180 Å². The second-order valence-electron chi connectivity index (χ2n) is 8.25.